The molecule has 1 rings (SSSR count). The van der Waals surface area contributed by atoms with Gasteiger partial charge in [0.05, 0.1) is 11.7 Å². The summed E-state index contributed by atoms with van der Waals surface area (Å²) in [4.78, 5) is 0. The quantitative estimate of drug-likeness (QED) is 0.576. The monoisotopic (exact) mass is 142 g/mol. The standard InChI is InChI=1S/C9H18O/c1-7(8-5-6-8)10-9(2,3)4/h7-8H,5-6H2,1-4H3. The van der Waals surface area contributed by atoms with Crippen molar-refractivity contribution < 1.29 is 4.74 Å². The minimum Gasteiger partial charge on any atom is -0.373 e. The minimum atomic E-state index is 0.0437. The van der Waals surface area contributed by atoms with Crippen LogP contribution in [0.2, 0.25) is 0 Å². The molecule has 0 amide bonds. The summed E-state index contributed by atoms with van der Waals surface area (Å²) in [6, 6.07) is 0. The Hall–Kier alpha value is -0.0400. The van der Waals surface area contributed by atoms with Gasteiger partial charge in [-0.2, -0.15) is 0 Å². The van der Waals surface area contributed by atoms with Gasteiger partial charge in [-0.25, -0.2) is 0 Å². The Kier molecular flexibility index (Phi) is 2.04. The molecule has 0 aliphatic heterocycles. The summed E-state index contributed by atoms with van der Waals surface area (Å²) in [5.74, 6) is 0.860. The molecule has 1 aliphatic carbocycles. The largest absolute Gasteiger partial charge is 0.373 e. The highest BCUT2D eigenvalue weighted by Gasteiger charge is 2.31. The maximum atomic E-state index is 5.76. The molecular weight excluding hydrogens is 124 g/mol. The number of hydrogen-bond acceptors (Lipinski definition) is 1. The molecule has 1 atom stereocenters. The van der Waals surface area contributed by atoms with E-state index in [9.17, 15) is 0 Å². The summed E-state index contributed by atoms with van der Waals surface area (Å²) < 4.78 is 5.76. The Morgan fingerprint density at radius 3 is 2.10 bits per heavy atom. The van der Waals surface area contributed by atoms with Gasteiger partial charge in [-0.1, -0.05) is 0 Å². The highest BCUT2D eigenvalue weighted by Crippen LogP contribution is 2.35. The summed E-state index contributed by atoms with van der Waals surface area (Å²) >= 11 is 0. The van der Waals surface area contributed by atoms with Gasteiger partial charge >= 0.3 is 0 Å². The van der Waals surface area contributed by atoms with Gasteiger partial charge in [-0.15, -0.1) is 0 Å². The molecule has 0 aromatic rings. The molecule has 0 spiro atoms. The smallest absolute Gasteiger partial charge is 0.0602 e. The van der Waals surface area contributed by atoms with Crippen LogP contribution in [0.25, 0.3) is 0 Å². The molecular formula is C9H18O. The third-order valence-corrected chi connectivity index (χ3v) is 1.83. The predicted octanol–water partition coefficient (Wildman–Crippen LogP) is 2.60. The summed E-state index contributed by atoms with van der Waals surface area (Å²) in [6.07, 6.45) is 3.22. The molecule has 60 valence electrons. The van der Waals surface area contributed by atoms with Crippen molar-refractivity contribution in [2.75, 3.05) is 0 Å². The molecule has 0 heterocycles. The summed E-state index contributed by atoms with van der Waals surface area (Å²) in [6.45, 7) is 8.53. The number of hydrogen-bond donors (Lipinski definition) is 0. The normalized spacial score (nSPS) is 22.8. The molecule has 0 N–H and O–H groups in total. The zero-order valence-electron chi connectivity index (χ0n) is 7.48. The van der Waals surface area contributed by atoms with Gasteiger partial charge in [0.2, 0.25) is 0 Å². The van der Waals surface area contributed by atoms with Gasteiger partial charge in [-0.05, 0) is 46.5 Å². The lowest BCUT2D eigenvalue weighted by Crippen LogP contribution is -2.26. The van der Waals surface area contributed by atoms with Crippen molar-refractivity contribution in [2.24, 2.45) is 5.92 Å². The Morgan fingerprint density at radius 2 is 1.80 bits per heavy atom. The fourth-order valence-corrected chi connectivity index (χ4v) is 1.22. The number of rotatable bonds is 2. The van der Waals surface area contributed by atoms with Crippen LogP contribution < -0.4 is 0 Å². The number of ether oxygens (including phenoxy) is 1. The van der Waals surface area contributed by atoms with Gasteiger partial charge in [0.25, 0.3) is 0 Å². The van der Waals surface area contributed by atoms with Crippen LogP contribution in [0, 0.1) is 5.92 Å². The molecule has 1 heteroatoms. The van der Waals surface area contributed by atoms with E-state index in [4.69, 9.17) is 4.74 Å². The van der Waals surface area contributed by atoms with Crippen LogP contribution in [0.15, 0.2) is 0 Å². The third-order valence-electron chi connectivity index (χ3n) is 1.83. The lowest BCUT2D eigenvalue weighted by Gasteiger charge is -2.24. The van der Waals surface area contributed by atoms with Crippen LogP contribution in [0.1, 0.15) is 40.5 Å². The molecule has 0 aromatic heterocycles. The lowest BCUT2D eigenvalue weighted by molar-refractivity contribution is -0.0603. The van der Waals surface area contributed by atoms with Crippen LogP contribution in [-0.2, 0) is 4.74 Å². The minimum absolute atomic E-state index is 0.0437. The molecule has 1 fully saturated rings. The van der Waals surface area contributed by atoms with Crippen molar-refractivity contribution in [3.8, 4) is 0 Å². The van der Waals surface area contributed by atoms with Crippen LogP contribution in [0.4, 0.5) is 0 Å². The predicted molar refractivity (Wildman–Crippen MR) is 43.0 cm³/mol. The Balaban J connectivity index is 2.23. The van der Waals surface area contributed by atoms with Crippen LogP contribution >= 0.6 is 0 Å². The highest BCUT2D eigenvalue weighted by atomic mass is 16.5. The van der Waals surface area contributed by atoms with E-state index in [1.54, 1.807) is 0 Å². The lowest BCUT2D eigenvalue weighted by atomic mass is 10.1. The Morgan fingerprint density at radius 1 is 1.30 bits per heavy atom. The summed E-state index contributed by atoms with van der Waals surface area (Å²) in [5.41, 5.74) is 0.0437. The van der Waals surface area contributed by atoms with E-state index in [2.05, 4.69) is 27.7 Å². The maximum Gasteiger partial charge on any atom is 0.0602 e. The summed E-state index contributed by atoms with van der Waals surface area (Å²) in [5, 5.41) is 0. The fourth-order valence-electron chi connectivity index (χ4n) is 1.22. The zero-order valence-corrected chi connectivity index (χ0v) is 7.48. The van der Waals surface area contributed by atoms with Crippen molar-refractivity contribution >= 4 is 0 Å². The van der Waals surface area contributed by atoms with Crippen LogP contribution in [0.3, 0.4) is 0 Å². The maximum absolute atomic E-state index is 5.76. The second-order valence-corrected chi connectivity index (χ2v) is 4.27. The third kappa shape index (κ3) is 2.70. The molecule has 1 nitrogen and oxygen atoms in total. The van der Waals surface area contributed by atoms with Gasteiger partial charge < -0.3 is 4.74 Å². The first-order valence-corrected chi connectivity index (χ1v) is 4.17. The first-order valence-electron chi connectivity index (χ1n) is 4.17. The Labute approximate surface area is 63.8 Å². The van der Waals surface area contributed by atoms with Crippen molar-refractivity contribution in [3.05, 3.63) is 0 Å². The average Bonchev–Trinajstić information content (AvgIpc) is 2.35. The second kappa shape index (κ2) is 2.54. The van der Waals surface area contributed by atoms with E-state index in [0.29, 0.717) is 6.10 Å². The Bertz CT molecular complexity index is 108. The van der Waals surface area contributed by atoms with Crippen molar-refractivity contribution in [2.45, 2.75) is 52.2 Å². The van der Waals surface area contributed by atoms with Crippen molar-refractivity contribution in [1.82, 2.24) is 0 Å². The molecule has 0 aromatic carbocycles. The van der Waals surface area contributed by atoms with Crippen molar-refractivity contribution in [1.29, 1.82) is 0 Å². The first-order chi connectivity index (χ1) is 4.49. The highest BCUT2D eigenvalue weighted by molar-refractivity contribution is 4.80. The van der Waals surface area contributed by atoms with E-state index in [-0.39, 0.29) is 5.60 Å². The molecule has 0 saturated heterocycles. The molecule has 1 unspecified atom stereocenters. The van der Waals surface area contributed by atoms with Crippen LogP contribution in [-0.4, -0.2) is 11.7 Å². The molecule has 0 bridgehead atoms. The van der Waals surface area contributed by atoms with E-state index >= 15 is 0 Å². The van der Waals surface area contributed by atoms with Gasteiger partial charge in [0, 0.05) is 0 Å². The topological polar surface area (TPSA) is 9.23 Å². The summed E-state index contributed by atoms with van der Waals surface area (Å²) in [7, 11) is 0. The average molecular weight is 142 g/mol. The van der Waals surface area contributed by atoms with Gasteiger partial charge in [-0.3, -0.25) is 0 Å². The van der Waals surface area contributed by atoms with E-state index in [1.165, 1.54) is 12.8 Å². The molecule has 1 saturated carbocycles. The van der Waals surface area contributed by atoms with Crippen LogP contribution in [0.5, 0.6) is 0 Å². The second-order valence-electron chi connectivity index (χ2n) is 4.27. The van der Waals surface area contributed by atoms with E-state index in [1.807, 2.05) is 0 Å². The van der Waals surface area contributed by atoms with E-state index < -0.39 is 0 Å². The van der Waals surface area contributed by atoms with E-state index in [0.717, 1.165) is 5.92 Å². The molecule has 10 heavy (non-hydrogen) atoms. The van der Waals surface area contributed by atoms with Crippen molar-refractivity contribution in [3.63, 3.8) is 0 Å². The fraction of sp³-hybridized carbons (Fsp3) is 1.00. The van der Waals surface area contributed by atoms with Gasteiger partial charge in [0.1, 0.15) is 0 Å². The first kappa shape index (κ1) is 8.06. The molecule has 1 aliphatic rings. The molecule has 0 radical (unpaired) electrons. The SMILES string of the molecule is CC(OC(C)(C)C)C1CC1. The van der Waals surface area contributed by atoms with Gasteiger partial charge in [0.15, 0.2) is 0 Å². The zero-order chi connectivity index (χ0) is 7.78.